The van der Waals surface area contributed by atoms with Gasteiger partial charge in [0.25, 0.3) is 5.56 Å². The zero-order valence-corrected chi connectivity index (χ0v) is 15.8. The summed E-state index contributed by atoms with van der Waals surface area (Å²) in [5.41, 5.74) is 3.83. The maximum atomic E-state index is 12.7. The Hall–Kier alpha value is -2.51. The van der Waals surface area contributed by atoms with Crippen molar-refractivity contribution in [3.63, 3.8) is 0 Å². The number of aromatic nitrogens is 5. The van der Waals surface area contributed by atoms with Crippen molar-refractivity contribution in [1.29, 1.82) is 0 Å². The smallest absolute Gasteiger partial charge is 0.251 e. The molecular formula is C19H21ClN6O. The average molecular weight is 385 g/mol. The average Bonchev–Trinajstić information content (AvgIpc) is 3.09. The van der Waals surface area contributed by atoms with Gasteiger partial charge in [0.05, 0.1) is 11.9 Å². The second kappa shape index (κ2) is 6.90. The molecule has 2 aliphatic rings. The van der Waals surface area contributed by atoms with Gasteiger partial charge in [0.1, 0.15) is 6.33 Å². The van der Waals surface area contributed by atoms with Crippen LogP contribution in [-0.2, 0) is 6.54 Å². The van der Waals surface area contributed by atoms with Crippen LogP contribution in [0.25, 0.3) is 17.1 Å². The predicted molar refractivity (Wildman–Crippen MR) is 105 cm³/mol. The van der Waals surface area contributed by atoms with Crippen LogP contribution in [0.5, 0.6) is 0 Å². The maximum Gasteiger partial charge on any atom is 0.251 e. The first-order chi connectivity index (χ1) is 12.7. The number of fused-ring (bicyclic) bond motifs is 4. The number of nitrogens with zero attached hydrogens (tertiary/aromatic N) is 5. The van der Waals surface area contributed by atoms with Crippen molar-refractivity contribution in [3.8, 4) is 17.1 Å². The molecule has 140 valence electrons. The molecule has 27 heavy (non-hydrogen) atoms. The molecule has 5 rings (SSSR count). The standard InChI is InChI=1S/C19H20N6O.ClH/c1-12-6-23-25(9-12)18-5-16(21-11-22-18)14-3-17-15-2-13(7-20-8-15)10-24(17)19(26)4-14;/h3-6,9,11,13,15,20H,2,7-8,10H2,1H3;1H/t13-,15+;/m0./s1. The first-order valence-electron chi connectivity index (χ1n) is 8.97. The summed E-state index contributed by atoms with van der Waals surface area (Å²) in [7, 11) is 0. The summed E-state index contributed by atoms with van der Waals surface area (Å²) < 4.78 is 3.67. The van der Waals surface area contributed by atoms with Gasteiger partial charge in [-0.25, -0.2) is 14.6 Å². The van der Waals surface area contributed by atoms with E-state index in [0.29, 0.717) is 17.7 Å². The Bertz CT molecular complexity index is 1040. The fourth-order valence-corrected chi connectivity index (χ4v) is 4.12. The molecule has 3 aromatic rings. The molecule has 0 aromatic carbocycles. The number of pyridine rings is 1. The Balaban J connectivity index is 0.00000180. The number of rotatable bonds is 2. The van der Waals surface area contributed by atoms with Gasteiger partial charge in [0.15, 0.2) is 5.82 Å². The van der Waals surface area contributed by atoms with E-state index in [1.165, 1.54) is 6.33 Å². The van der Waals surface area contributed by atoms with Crippen molar-refractivity contribution in [3.05, 3.63) is 58.5 Å². The summed E-state index contributed by atoms with van der Waals surface area (Å²) in [6, 6.07) is 5.69. The van der Waals surface area contributed by atoms with Crippen LogP contribution in [0.15, 0.2) is 41.7 Å². The van der Waals surface area contributed by atoms with Gasteiger partial charge in [0.2, 0.25) is 0 Å². The lowest BCUT2D eigenvalue weighted by Gasteiger charge is -2.37. The molecular weight excluding hydrogens is 364 g/mol. The third-order valence-corrected chi connectivity index (χ3v) is 5.36. The van der Waals surface area contributed by atoms with Gasteiger partial charge in [-0.3, -0.25) is 4.79 Å². The molecule has 0 amide bonds. The van der Waals surface area contributed by atoms with Crippen molar-refractivity contribution in [2.45, 2.75) is 25.8 Å². The van der Waals surface area contributed by atoms with Crippen molar-refractivity contribution in [1.82, 2.24) is 29.6 Å². The zero-order chi connectivity index (χ0) is 17.7. The molecule has 8 heteroatoms. The van der Waals surface area contributed by atoms with Gasteiger partial charge in [-0.05, 0) is 37.4 Å². The summed E-state index contributed by atoms with van der Waals surface area (Å²) in [6.45, 7) is 4.73. The Labute approximate surface area is 162 Å². The fraction of sp³-hybridized carbons (Fsp3) is 0.368. The molecule has 0 saturated carbocycles. The van der Waals surface area contributed by atoms with E-state index in [-0.39, 0.29) is 18.0 Å². The van der Waals surface area contributed by atoms with Crippen LogP contribution in [0.2, 0.25) is 0 Å². The summed E-state index contributed by atoms with van der Waals surface area (Å²) >= 11 is 0. The molecule has 1 fully saturated rings. The summed E-state index contributed by atoms with van der Waals surface area (Å²) in [5.74, 6) is 1.64. The molecule has 3 aromatic heterocycles. The first kappa shape index (κ1) is 17.9. The second-order valence-corrected chi connectivity index (χ2v) is 7.30. The molecule has 7 nitrogen and oxygen atoms in total. The van der Waals surface area contributed by atoms with E-state index < -0.39 is 0 Å². The van der Waals surface area contributed by atoms with Crippen molar-refractivity contribution in [2.75, 3.05) is 13.1 Å². The molecule has 2 bridgehead atoms. The molecule has 1 N–H and O–H groups in total. The predicted octanol–water partition coefficient (Wildman–Crippen LogP) is 1.93. The highest BCUT2D eigenvalue weighted by atomic mass is 35.5. The van der Waals surface area contributed by atoms with Crippen LogP contribution in [0, 0.1) is 12.8 Å². The number of aryl methyl sites for hydroxylation is 1. The third-order valence-electron chi connectivity index (χ3n) is 5.36. The lowest BCUT2D eigenvalue weighted by atomic mass is 9.83. The van der Waals surface area contributed by atoms with Gasteiger partial charge >= 0.3 is 0 Å². The van der Waals surface area contributed by atoms with Crippen molar-refractivity contribution >= 4 is 12.4 Å². The van der Waals surface area contributed by atoms with E-state index >= 15 is 0 Å². The largest absolute Gasteiger partial charge is 0.316 e. The van der Waals surface area contributed by atoms with Gasteiger partial charge in [-0.2, -0.15) is 5.10 Å². The summed E-state index contributed by atoms with van der Waals surface area (Å²) in [6.07, 6.45) is 6.38. The molecule has 0 radical (unpaired) electrons. The van der Waals surface area contributed by atoms with E-state index in [2.05, 4.69) is 26.4 Å². The minimum Gasteiger partial charge on any atom is -0.316 e. The molecule has 5 heterocycles. The highest BCUT2D eigenvalue weighted by Gasteiger charge is 2.31. The van der Waals surface area contributed by atoms with Gasteiger partial charge in [-0.1, -0.05) is 0 Å². The molecule has 1 saturated heterocycles. The van der Waals surface area contributed by atoms with Gasteiger partial charge in [-0.15, -0.1) is 12.4 Å². The molecule has 2 aliphatic heterocycles. The van der Waals surface area contributed by atoms with Gasteiger partial charge < -0.3 is 9.88 Å². The quantitative estimate of drug-likeness (QED) is 0.730. The Morgan fingerprint density at radius 2 is 2.07 bits per heavy atom. The third kappa shape index (κ3) is 3.17. The highest BCUT2D eigenvalue weighted by Crippen LogP contribution is 2.33. The summed E-state index contributed by atoms with van der Waals surface area (Å²) in [4.78, 5) is 21.4. The number of halogens is 1. The lowest BCUT2D eigenvalue weighted by Crippen LogP contribution is -2.44. The SMILES string of the molecule is Cc1cnn(-c2cc(-c3cc4n(c(=O)c3)C[C@@H]3CNC[C@H]4C3)ncn2)c1.Cl. The second-order valence-electron chi connectivity index (χ2n) is 7.30. The lowest BCUT2D eigenvalue weighted by molar-refractivity contribution is 0.257. The number of piperidine rings is 1. The van der Waals surface area contributed by atoms with E-state index in [0.717, 1.165) is 48.6 Å². The number of hydrogen-bond acceptors (Lipinski definition) is 5. The number of nitrogens with one attached hydrogen (secondary N) is 1. The Kier molecular flexibility index (Phi) is 4.57. The van der Waals surface area contributed by atoms with Crippen molar-refractivity contribution in [2.24, 2.45) is 5.92 Å². The maximum absolute atomic E-state index is 12.7. The van der Waals surface area contributed by atoms with Gasteiger partial charge in [0, 0.05) is 48.6 Å². The molecule has 0 spiro atoms. The monoisotopic (exact) mass is 384 g/mol. The number of hydrogen-bond donors (Lipinski definition) is 1. The zero-order valence-electron chi connectivity index (χ0n) is 15.0. The minimum atomic E-state index is 0. The van der Waals surface area contributed by atoms with E-state index in [1.54, 1.807) is 16.9 Å². The minimum absolute atomic E-state index is 0. The molecule has 2 atom stereocenters. The van der Waals surface area contributed by atoms with E-state index in [1.807, 2.05) is 23.8 Å². The van der Waals surface area contributed by atoms with Crippen LogP contribution in [-0.4, -0.2) is 37.4 Å². The Morgan fingerprint density at radius 3 is 2.89 bits per heavy atom. The first-order valence-corrected chi connectivity index (χ1v) is 8.97. The molecule has 0 unspecified atom stereocenters. The van der Waals surface area contributed by atoms with Crippen LogP contribution in [0.4, 0.5) is 0 Å². The van der Waals surface area contributed by atoms with E-state index in [9.17, 15) is 4.79 Å². The van der Waals surface area contributed by atoms with Crippen LogP contribution >= 0.6 is 12.4 Å². The normalized spacial score (nSPS) is 20.6. The molecule has 0 aliphatic carbocycles. The van der Waals surface area contributed by atoms with Crippen LogP contribution in [0.1, 0.15) is 23.6 Å². The Morgan fingerprint density at radius 1 is 1.19 bits per heavy atom. The van der Waals surface area contributed by atoms with Crippen molar-refractivity contribution < 1.29 is 0 Å². The van der Waals surface area contributed by atoms with Crippen LogP contribution < -0.4 is 10.9 Å². The fourth-order valence-electron chi connectivity index (χ4n) is 4.12. The summed E-state index contributed by atoms with van der Waals surface area (Å²) in [5, 5.41) is 7.79. The van der Waals surface area contributed by atoms with Crippen LogP contribution in [0.3, 0.4) is 0 Å². The highest BCUT2D eigenvalue weighted by molar-refractivity contribution is 5.85. The topological polar surface area (TPSA) is 77.6 Å². The van der Waals surface area contributed by atoms with E-state index in [4.69, 9.17) is 0 Å².